The minimum atomic E-state index is -0.223. The summed E-state index contributed by atoms with van der Waals surface area (Å²) in [5, 5.41) is 12.4. The van der Waals surface area contributed by atoms with Gasteiger partial charge < -0.3 is 0 Å². The quantitative estimate of drug-likeness (QED) is 0.915. The summed E-state index contributed by atoms with van der Waals surface area (Å²) in [6, 6.07) is 8.11. The number of rotatable bonds is 4. The molecule has 0 bridgehead atoms. The number of nitriles is 1. The molecular formula is C13H17BrN2. The highest BCUT2D eigenvalue weighted by Crippen LogP contribution is 2.21. The number of hydrogen-bond acceptors (Lipinski definition) is 2. The second-order valence-electron chi connectivity index (χ2n) is 4.37. The number of benzene rings is 1. The molecule has 0 aliphatic heterocycles. The van der Waals surface area contributed by atoms with Gasteiger partial charge in [-0.2, -0.15) is 5.26 Å². The third kappa shape index (κ3) is 3.62. The van der Waals surface area contributed by atoms with Gasteiger partial charge in [0.2, 0.25) is 0 Å². The van der Waals surface area contributed by atoms with Crippen LogP contribution in [0.15, 0.2) is 22.7 Å². The molecule has 1 aromatic carbocycles. The van der Waals surface area contributed by atoms with Crippen molar-refractivity contribution in [2.75, 3.05) is 6.54 Å². The van der Waals surface area contributed by atoms with Crippen LogP contribution >= 0.6 is 15.9 Å². The first-order chi connectivity index (χ1) is 7.54. The summed E-state index contributed by atoms with van der Waals surface area (Å²) in [5.74, 6) is 0.546. The number of hydrogen-bond donors (Lipinski definition) is 1. The van der Waals surface area contributed by atoms with Crippen LogP contribution in [-0.4, -0.2) is 6.54 Å². The molecule has 0 saturated heterocycles. The van der Waals surface area contributed by atoms with Gasteiger partial charge >= 0.3 is 0 Å². The van der Waals surface area contributed by atoms with Crippen LogP contribution in [0.25, 0.3) is 0 Å². The van der Waals surface area contributed by atoms with Crippen molar-refractivity contribution in [2.24, 2.45) is 5.92 Å². The molecule has 0 saturated carbocycles. The molecule has 0 spiro atoms. The molecule has 1 unspecified atom stereocenters. The number of aryl methyl sites for hydroxylation is 1. The highest BCUT2D eigenvalue weighted by molar-refractivity contribution is 9.10. The van der Waals surface area contributed by atoms with Crippen LogP contribution in [-0.2, 0) is 0 Å². The lowest BCUT2D eigenvalue weighted by Crippen LogP contribution is -2.24. The number of nitrogens with one attached hydrogen (secondary N) is 1. The van der Waals surface area contributed by atoms with E-state index >= 15 is 0 Å². The van der Waals surface area contributed by atoms with E-state index in [1.165, 1.54) is 5.56 Å². The van der Waals surface area contributed by atoms with Gasteiger partial charge in [-0.05, 0) is 36.6 Å². The zero-order valence-electron chi connectivity index (χ0n) is 9.92. The van der Waals surface area contributed by atoms with Gasteiger partial charge in [0.1, 0.15) is 6.04 Å². The average Bonchev–Trinajstić information content (AvgIpc) is 2.23. The van der Waals surface area contributed by atoms with Crippen LogP contribution < -0.4 is 5.32 Å². The second-order valence-corrected chi connectivity index (χ2v) is 5.23. The number of halogens is 1. The summed E-state index contributed by atoms with van der Waals surface area (Å²) in [4.78, 5) is 0. The molecule has 0 aliphatic rings. The van der Waals surface area contributed by atoms with E-state index in [4.69, 9.17) is 5.26 Å². The molecule has 0 radical (unpaired) electrons. The molecule has 1 rings (SSSR count). The lowest BCUT2D eigenvalue weighted by atomic mass is 10.1. The van der Waals surface area contributed by atoms with Gasteiger partial charge in [0.25, 0.3) is 0 Å². The molecule has 86 valence electrons. The van der Waals surface area contributed by atoms with Crippen LogP contribution in [0.1, 0.15) is 31.0 Å². The smallest absolute Gasteiger partial charge is 0.121 e. The van der Waals surface area contributed by atoms with E-state index in [1.54, 1.807) is 0 Å². The largest absolute Gasteiger partial charge is 0.298 e. The van der Waals surface area contributed by atoms with Gasteiger partial charge in [0, 0.05) is 4.47 Å². The minimum Gasteiger partial charge on any atom is -0.298 e. The van der Waals surface area contributed by atoms with Gasteiger partial charge in [0.15, 0.2) is 0 Å². The van der Waals surface area contributed by atoms with Crippen molar-refractivity contribution in [2.45, 2.75) is 26.8 Å². The maximum absolute atomic E-state index is 9.12. The summed E-state index contributed by atoms with van der Waals surface area (Å²) >= 11 is 3.49. The number of nitrogens with zero attached hydrogens (tertiary/aromatic N) is 1. The van der Waals surface area contributed by atoms with Crippen molar-refractivity contribution in [1.29, 1.82) is 5.26 Å². The molecule has 0 aliphatic carbocycles. The molecule has 1 N–H and O–H groups in total. The molecule has 1 aromatic rings. The van der Waals surface area contributed by atoms with Gasteiger partial charge in [-0.15, -0.1) is 0 Å². The Morgan fingerprint density at radius 3 is 2.62 bits per heavy atom. The highest BCUT2D eigenvalue weighted by atomic mass is 79.9. The first kappa shape index (κ1) is 13.2. The third-order valence-corrected chi connectivity index (χ3v) is 3.24. The molecule has 0 fully saturated rings. The third-order valence-electron chi connectivity index (χ3n) is 2.39. The Labute approximate surface area is 106 Å². The van der Waals surface area contributed by atoms with Crippen LogP contribution in [0, 0.1) is 24.2 Å². The summed E-state index contributed by atoms with van der Waals surface area (Å²) in [7, 11) is 0. The maximum atomic E-state index is 9.12. The van der Waals surface area contributed by atoms with Crippen molar-refractivity contribution in [3.63, 3.8) is 0 Å². The van der Waals surface area contributed by atoms with Gasteiger partial charge in [0.05, 0.1) is 6.07 Å². The van der Waals surface area contributed by atoms with E-state index in [0.717, 1.165) is 16.6 Å². The summed E-state index contributed by atoms with van der Waals surface area (Å²) in [6.45, 7) is 7.15. The fourth-order valence-corrected chi connectivity index (χ4v) is 1.78. The Kier molecular flexibility index (Phi) is 4.98. The molecule has 1 atom stereocenters. The second kappa shape index (κ2) is 6.03. The van der Waals surface area contributed by atoms with Crippen LogP contribution in [0.3, 0.4) is 0 Å². The van der Waals surface area contributed by atoms with E-state index in [1.807, 2.05) is 25.1 Å². The maximum Gasteiger partial charge on any atom is 0.121 e. The molecule has 0 aromatic heterocycles. The van der Waals surface area contributed by atoms with E-state index in [2.05, 4.69) is 41.2 Å². The van der Waals surface area contributed by atoms with Crippen LogP contribution in [0.4, 0.5) is 0 Å². The average molecular weight is 281 g/mol. The molecular weight excluding hydrogens is 264 g/mol. The van der Waals surface area contributed by atoms with E-state index in [-0.39, 0.29) is 6.04 Å². The van der Waals surface area contributed by atoms with Crippen molar-refractivity contribution in [3.05, 3.63) is 33.8 Å². The first-order valence-electron chi connectivity index (χ1n) is 5.43. The Bertz CT molecular complexity index is 393. The fourth-order valence-electron chi connectivity index (χ4n) is 1.38. The Morgan fingerprint density at radius 2 is 2.12 bits per heavy atom. The van der Waals surface area contributed by atoms with Crippen molar-refractivity contribution < 1.29 is 0 Å². The first-order valence-corrected chi connectivity index (χ1v) is 6.23. The monoisotopic (exact) mass is 280 g/mol. The van der Waals surface area contributed by atoms with Crippen molar-refractivity contribution in [1.82, 2.24) is 5.32 Å². The van der Waals surface area contributed by atoms with E-state index in [9.17, 15) is 0 Å². The minimum absolute atomic E-state index is 0.223. The molecule has 3 heteroatoms. The van der Waals surface area contributed by atoms with E-state index in [0.29, 0.717) is 5.92 Å². The van der Waals surface area contributed by atoms with Gasteiger partial charge in [-0.1, -0.05) is 41.9 Å². The fraction of sp³-hybridized carbons (Fsp3) is 0.462. The molecule has 0 amide bonds. The molecule has 16 heavy (non-hydrogen) atoms. The molecule has 2 nitrogen and oxygen atoms in total. The summed E-state index contributed by atoms with van der Waals surface area (Å²) in [6.07, 6.45) is 0. The summed E-state index contributed by atoms with van der Waals surface area (Å²) < 4.78 is 1.05. The van der Waals surface area contributed by atoms with Crippen molar-refractivity contribution >= 4 is 15.9 Å². The van der Waals surface area contributed by atoms with E-state index < -0.39 is 0 Å². The Balaban J connectivity index is 2.80. The zero-order valence-corrected chi connectivity index (χ0v) is 11.5. The standard InChI is InChI=1S/C13H17BrN2/c1-9(2)8-16-13(7-15)11-5-4-10(3)12(14)6-11/h4-6,9,13,16H,8H2,1-3H3. The summed E-state index contributed by atoms with van der Waals surface area (Å²) in [5.41, 5.74) is 2.20. The molecule has 0 heterocycles. The Morgan fingerprint density at radius 1 is 1.44 bits per heavy atom. The lowest BCUT2D eigenvalue weighted by Gasteiger charge is -2.14. The van der Waals surface area contributed by atoms with Gasteiger partial charge in [-0.25, -0.2) is 0 Å². The topological polar surface area (TPSA) is 35.8 Å². The van der Waals surface area contributed by atoms with Gasteiger partial charge in [-0.3, -0.25) is 5.32 Å². The normalized spacial score (nSPS) is 12.5. The predicted octanol–water partition coefficient (Wildman–Crippen LogP) is 3.57. The lowest BCUT2D eigenvalue weighted by molar-refractivity contribution is 0.525. The Hall–Kier alpha value is -0.850. The van der Waals surface area contributed by atoms with Crippen molar-refractivity contribution in [3.8, 4) is 6.07 Å². The van der Waals surface area contributed by atoms with Crippen LogP contribution in [0.5, 0.6) is 0 Å². The predicted molar refractivity (Wildman–Crippen MR) is 70.1 cm³/mol. The van der Waals surface area contributed by atoms with Crippen LogP contribution in [0.2, 0.25) is 0 Å². The highest BCUT2D eigenvalue weighted by Gasteiger charge is 2.11. The SMILES string of the molecule is Cc1ccc(C(C#N)NCC(C)C)cc1Br. The zero-order chi connectivity index (χ0) is 12.1.